The summed E-state index contributed by atoms with van der Waals surface area (Å²) in [5.41, 5.74) is 3.18. The summed E-state index contributed by atoms with van der Waals surface area (Å²) in [6, 6.07) is 12.1. The summed E-state index contributed by atoms with van der Waals surface area (Å²) in [6.45, 7) is 7.41. The van der Waals surface area contributed by atoms with Crippen LogP contribution in [0.4, 0.5) is 11.4 Å². The maximum Gasteiger partial charge on any atom is 0.234 e. The average molecular weight is 414 g/mol. The van der Waals surface area contributed by atoms with Crippen molar-refractivity contribution in [3.63, 3.8) is 0 Å². The van der Waals surface area contributed by atoms with Crippen molar-refractivity contribution in [2.75, 3.05) is 62.4 Å². The number of carbonyl (C=O) groups excluding carboxylic acids is 1. The van der Waals surface area contributed by atoms with E-state index >= 15 is 0 Å². The third-order valence-electron chi connectivity index (χ3n) is 5.24. The van der Waals surface area contributed by atoms with E-state index in [0.29, 0.717) is 19.0 Å². The van der Waals surface area contributed by atoms with E-state index in [4.69, 9.17) is 9.47 Å². The first-order valence-corrected chi connectivity index (χ1v) is 10.9. The van der Waals surface area contributed by atoms with Crippen molar-refractivity contribution in [3.05, 3.63) is 42.0 Å². The summed E-state index contributed by atoms with van der Waals surface area (Å²) in [5, 5.41) is 3.04. The lowest BCUT2D eigenvalue weighted by atomic mass is 10.1. The Kier molecular flexibility index (Phi) is 6.16. The molecule has 0 aliphatic carbocycles. The molecule has 0 atom stereocenters. The second kappa shape index (κ2) is 8.97. The molecule has 0 saturated carbocycles. The average Bonchev–Trinajstić information content (AvgIpc) is 2.74. The second-order valence-corrected chi connectivity index (χ2v) is 8.48. The summed E-state index contributed by atoms with van der Waals surface area (Å²) in [5.74, 6) is 1.85. The third-order valence-corrected chi connectivity index (χ3v) is 6.23. The van der Waals surface area contributed by atoms with E-state index in [1.54, 1.807) is 0 Å². The van der Waals surface area contributed by atoms with Crippen LogP contribution in [0.2, 0.25) is 0 Å². The minimum Gasteiger partial charge on any atom is -0.486 e. The number of nitrogens with zero attached hydrogens (tertiary/aromatic N) is 2. The number of fused-ring (bicyclic) bond motifs is 1. The Morgan fingerprint density at radius 1 is 1.03 bits per heavy atom. The molecule has 1 N–H and O–H groups in total. The van der Waals surface area contributed by atoms with Crippen LogP contribution in [0.15, 0.2) is 41.3 Å². The van der Waals surface area contributed by atoms with Crippen LogP contribution in [0.3, 0.4) is 0 Å². The van der Waals surface area contributed by atoms with Gasteiger partial charge in [0.1, 0.15) is 13.2 Å². The van der Waals surface area contributed by atoms with E-state index in [-0.39, 0.29) is 5.91 Å². The minimum atomic E-state index is -0.0136. The Labute approximate surface area is 176 Å². The van der Waals surface area contributed by atoms with Crippen LogP contribution in [0.25, 0.3) is 0 Å². The molecular formula is C22H27N3O3S. The standard InChI is InChI=1S/C22H27N3O3S/c1-16-13-17(25-9-7-24(2)8-10-25)3-5-19(16)23-22(26)15-29-18-4-6-20-21(14-18)28-12-11-27-20/h3-6,13-14H,7-12,15H2,1-2H3,(H,23,26). The molecule has 0 spiro atoms. The molecule has 154 valence electrons. The second-order valence-electron chi connectivity index (χ2n) is 7.43. The van der Waals surface area contributed by atoms with Gasteiger partial charge in [0.2, 0.25) is 5.91 Å². The van der Waals surface area contributed by atoms with Gasteiger partial charge in [-0.2, -0.15) is 0 Å². The Bertz CT molecular complexity index is 882. The number of anilines is 2. The third kappa shape index (κ3) is 4.97. The van der Waals surface area contributed by atoms with E-state index in [9.17, 15) is 4.79 Å². The summed E-state index contributed by atoms with van der Waals surface area (Å²) in [4.78, 5) is 18.2. The molecule has 0 radical (unpaired) electrons. The van der Waals surface area contributed by atoms with E-state index in [1.165, 1.54) is 17.4 Å². The lowest BCUT2D eigenvalue weighted by Crippen LogP contribution is -2.44. The van der Waals surface area contributed by atoms with Gasteiger partial charge >= 0.3 is 0 Å². The van der Waals surface area contributed by atoms with Crippen LogP contribution in [0.5, 0.6) is 11.5 Å². The number of carbonyl (C=O) groups is 1. The van der Waals surface area contributed by atoms with Crippen LogP contribution in [-0.2, 0) is 4.79 Å². The molecule has 7 heteroatoms. The molecular weight excluding hydrogens is 386 g/mol. The van der Waals surface area contributed by atoms with Crippen molar-refractivity contribution in [1.82, 2.24) is 4.90 Å². The molecule has 1 fully saturated rings. The molecule has 1 saturated heterocycles. The highest BCUT2D eigenvalue weighted by Gasteiger charge is 2.16. The van der Waals surface area contributed by atoms with Crippen molar-refractivity contribution >= 4 is 29.0 Å². The van der Waals surface area contributed by atoms with E-state index in [1.807, 2.05) is 31.2 Å². The maximum atomic E-state index is 12.4. The number of benzene rings is 2. The fourth-order valence-corrected chi connectivity index (χ4v) is 4.22. The predicted molar refractivity (Wildman–Crippen MR) is 118 cm³/mol. The zero-order valence-corrected chi connectivity index (χ0v) is 17.8. The fraction of sp³-hybridized carbons (Fsp3) is 0.409. The molecule has 2 heterocycles. The zero-order chi connectivity index (χ0) is 20.2. The van der Waals surface area contributed by atoms with Gasteiger partial charge in [0, 0.05) is 42.4 Å². The smallest absolute Gasteiger partial charge is 0.234 e. The number of hydrogen-bond acceptors (Lipinski definition) is 6. The number of nitrogens with one attached hydrogen (secondary N) is 1. The maximum absolute atomic E-state index is 12.4. The largest absolute Gasteiger partial charge is 0.486 e. The van der Waals surface area contributed by atoms with Crippen molar-refractivity contribution in [3.8, 4) is 11.5 Å². The molecule has 0 unspecified atom stereocenters. The SMILES string of the molecule is Cc1cc(N2CCN(C)CC2)ccc1NC(=O)CSc1ccc2c(c1)OCCO2. The van der Waals surface area contributed by atoms with Crippen LogP contribution < -0.4 is 19.7 Å². The molecule has 2 aliphatic rings. The van der Waals surface area contributed by atoms with Crippen LogP contribution >= 0.6 is 11.8 Å². The van der Waals surface area contributed by atoms with Crippen molar-refractivity contribution in [2.45, 2.75) is 11.8 Å². The number of likely N-dealkylation sites (N-methyl/N-ethyl adjacent to an activating group) is 1. The highest BCUT2D eigenvalue weighted by molar-refractivity contribution is 8.00. The number of thioether (sulfide) groups is 1. The summed E-state index contributed by atoms with van der Waals surface area (Å²) < 4.78 is 11.1. The Balaban J connectivity index is 1.32. The fourth-order valence-electron chi connectivity index (χ4n) is 3.50. The van der Waals surface area contributed by atoms with Gasteiger partial charge in [0.15, 0.2) is 11.5 Å². The van der Waals surface area contributed by atoms with Gasteiger partial charge < -0.3 is 24.6 Å². The van der Waals surface area contributed by atoms with Gasteiger partial charge in [-0.25, -0.2) is 0 Å². The Morgan fingerprint density at radius 3 is 2.55 bits per heavy atom. The highest BCUT2D eigenvalue weighted by Crippen LogP contribution is 2.34. The first kappa shape index (κ1) is 19.9. The molecule has 2 aromatic rings. The highest BCUT2D eigenvalue weighted by atomic mass is 32.2. The van der Waals surface area contributed by atoms with E-state index in [2.05, 4.69) is 34.3 Å². The molecule has 2 aliphatic heterocycles. The molecule has 2 aromatic carbocycles. The van der Waals surface area contributed by atoms with Gasteiger partial charge in [-0.1, -0.05) is 0 Å². The zero-order valence-electron chi connectivity index (χ0n) is 16.9. The number of hydrogen-bond donors (Lipinski definition) is 1. The normalized spacial score (nSPS) is 16.6. The molecule has 0 bridgehead atoms. The van der Waals surface area contributed by atoms with Crippen molar-refractivity contribution in [2.24, 2.45) is 0 Å². The number of rotatable bonds is 5. The number of amides is 1. The number of ether oxygens (including phenoxy) is 2. The van der Waals surface area contributed by atoms with Crippen molar-refractivity contribution < 1.29 is 14.3 Å². The summed E-state index contributed by atoms with van der Waals surface area (Å²) in [7, 11) is 2.16. The van der Waals surface area contributed by atoms with Gasteiger partial charge in [0.05, 0.1) is 5.75 Å². The summed E-state index contributed by atoms with van der Waals surface area (Å²) in [6.07, 6.45) is 0. The van der Waals surface area contributed by atoms with Crippen molar-refractivity contribution in [1.29, 1.82) is 0 Å². The van der Waals surface area contributed by atoms with Crippen LogP contribution in [-0.4, -0.2) is 63.0 Å². The first-order chi connectivity index (χ1) is 14.1. The minimum absolute atomic E-state index is 0.0136. The first-order valence-electron chi connectivity index (χ1n) is 9.95. The number of piperazine rings is 1. The summed E-state index contributed by atoms with van der Waals surface area (Å²) >= 11 is 1.49. The molecule has 1 amide bonds. The molecule has 4 rings (SSSR count). The van der Waals surface area contributed by atoms with Gasteiger partial charge in [0.25, 0.3) is 0 Å². The van der Waals surface area contributed by atoms with Crippen LogP contribution in [0, 0.1) is 6.92 Å². The lowest BCUT2D eigenvalue weighted by molar-refractivity contribution is -0.113. The van der Waals surface area contributed by atoms with Gasteiger partial charge in [-0.3, -0.25) is 4.79 Å². The lowest BCUT2D eigenvalue weighted by Gasteiger charge is -2.34. The topological polar surface area (TPSA) is 54.0 Å². The quantitative estimate of drug-likeness (QED) is 0.760. The predicted octanol–water partition coefficient (Wildman–Crippen LogP) is 3.25. The van der Waals surface area contributed by atoms with E-state index < -0.39 is 0 Å². The monoisotopic (exact) mass is 413 g/mol. The van der Waals surface area contributed by atoms with E-state index in [0.717, 1.165) is 53.8 Å². The van der Waals surface area contributed by atoms with Gasteiger partial charge in [-0.05, 0) is 55.9 Å². The molecule has 0 aromatic heterocycles. The Hall–Kier alpha value is -2.38. The molecule has 6 nitrogen and oxygen atoms in total. The van der Waals surface area contributed by atoms with Crippen LogP contribution in [0.1, 0.15) is 5.56 Å². The van der Waals surface area contributed by atoms with Gasteiger partial charge in [-0.15, -0.1) is 11.8 Å². The Morgan fingerprint density at radius 2 is 1.79 bits per heavy atom. The number of aryl methyl sites for hydroxylation is 1. The molecule has 29 heavy (non-hydrogen) atoms.